The summed E-state index contributed by atoms with van der Waals surface area (Å²) in [5, 5.41) is 19.0. The van der Waals surface area contributed by atoms with Crippen LogP contribution in [0, 0.1) is 15.9 Å². The molecular weight excluding hydrogens is 233 g/mol. The van der Waals surface area contributed by atoms with Gasteiger partial charge in [0, 0.05) is 18.4 Å². The Morgan fingerprint density at radius 3 is 2.81 bits per heavy atom. The molecule has 16 heavy (non-hydrogen) atoms. The fourth-order valence-electron chi connectivity index (χ4n) is 1.18. The Hall–Kier alpha value is -1.14. The first-order valence-corrected chi connectivity index (χ1v) is 5.91. The van der Waals surface area contributed by atoms with Crippen LogP contribution in [0.3, 0.4) is 0 Å². The summed E-state index contributed by atoms with van der Waals surface area (Å²) in [5.74, 6) is 0.673. The molecule has 0 unspecified atom stereocenters. The van der Waals surface area contributed by atoms with E-state index in [1.165, 1.54) is 23.9 Å². The molecule has 1 aromatic carbocycles. The number of benzene rings is 1. The molecule has 0 aromatic heterocycles. The van der Waals surface area contributed by atoms with Crippen molar-refractivity contribution in [1.29, 1.82) is 0 Å². The van der Waals surface area contributed by atoms with Gasteiger partial charge in [0.15, 0.2) is 0 Å². The van der Waals surface area contributed by atoms with Gasteiger partial charge in [-0.1, -0.05) is 0 Å². The number of halogens is 1. The average molecular weight is 245 g/mol. The third-order valence-corrected chi connectivity index (χ3v) is 2.98. The lowest BCUT2D eigenvalue weighted by molar-refractivity contribution is -0.385. The summed E-state index contributed by atoms with van der Waals surface area (Å²) in [4.78, 5) is 9.87. The summed E-state index contributed by atoms with van der Waals surface area (Å²) in [6.07, 6.45) is 0.669. The lowest BCUT2D eigenvalue weighted by Crippen LogP contribution is -1.93. The SMILES string of the molecule is O=[N+]([O-])c1cc(F)cc(CSCCCO)c1. The van der Waals surface area contributed by atoms with E-state index in [2.05, 4.69) is 0 Å². The van der Waals surface area contributed by atoms with Crippen molar-refractivity contribution >= 4 is 17.4 Å². The van der Waals surface area contributed by atoms with E-state index in [0.717, 1.165) is 11.8 Å². The first-order chi connectivity index (χ1) is 7.63. The van der Waals surface area contributed by atoms with E-state index in [9.17, 15) is 14.5 Å². The zero-order valence-electron chi connectivity index (χ0n) is 8.56. The number of nitro groups is 1. The van der Waals surface area contributed by atoms with Crippen molar-refractivity contribution in [3.63, 3.8) is 0 Å². The Morgan fingerprint density at radius 2 is 2.19 bits per heavy atom. The maximum absolute atomic E-state index is 13.0. The monoisotopic (exact) mass is 245 g/mol. The van der Waals surface area contributed by atoms with Crippen molar-refractivity contribution in [2.45, 2.75) is 12.2 Å². The minimum atomic E-state index is -0.606. The van der Waals surface area contributed by atoms with Gasteiger partial charge in [-0.05, 0) is 23.8 Å². The van der Waals surface area contributed by atoms with Gasteiger partial charge in [0.25, 0.3) is 5.69 Å². The highest BCUT2D eigenvalue weighted by Crippen LogP contribution is 2.20. The van der Waals surface area contributed by atoms with Crippen molar-refractivity contribution in [2.75, 3.05) is 12.4 Å². The van der Waals surface area contributed by atoms with Crippen molar-refractivity contribution in [3.8, 4) is 0 Å². The van der Waals surface area contributed by atoms with E-state index in [1.54, 1.807) is 0 Å². The highest BCUT2D eigenvalue weighted by atomic mass is 32.2. The molecule has 1 N–H and O–H groups in total. The fourth-order valence-corrected chi connectivity index (χ4v) is 2.06. The molecule has 0 aliphatic heterocycles. The molecule has 1 aromatic rings. The van der Waals surface area contributed by atoms with Crippen molar-refractivity contribution in [1.82, 2.24) is 0 Å². The molecule has 6 heteroatoms. The predicted molar refractivity (Wildman–Crippen MR) is 60.9 cm³/mol. The van der Waals surface area contributed by atoms with Crippen LogP contribution in [0.2, 0.25) is 0 Å². The Bertz CT molecular complexity index is 373. The second kappa shape index (κ2) is 6.44. The number of non-ortho nitro benzene ring substituents is 1. The second-order valence-corrected chi connectivity index (χ2v) is 4.31. The average Bonchev–Trinajstić information content (AvgIpc) is 2.23. The molecule has 0 saturated carbocycles. The number of thioether (sulfide) groups is 1. The molecule has 0 saturated heterocycles. The summed E-state index contributed by atoms with van der Waals surface area (Å²) in [6, 6.07) is 3.57. The molecule has 88 valence electrons. The van der Waals surface area contributed by atoms with Crippen LogP contribution < -0.4 is 0 Å². The highest BCUT2D eigenvalue weighted by Gasteiger charge is 2.09. The first-order valence-electron chi connectivity index (χ1n) is 4.76. The Morgan fingerprint density at radius 1 is 1.44 bits per heavy atom. The number of nitrogens with zero attached hydrogens (tertiary/aromatic N) is 1. The largest absolute Gasteiger partial charge is 0.396 e. The Balaban J connectivity index is 2.62. The van der Waals surface area contributed by atoms with Gasteiger partial charge in [0.1, 0.15) is 5.82 Å². The molecular formula is C10H12FNO3S. The Kier molecular flexibility index (Phi) is 5.21. The number of aliphatic hydroxyl groups excluding tert-OH is 1. The maximum Gasteiger partial charge on any atom is 0.272 e. The maximum atomic E-state index is 13.0. The molecule has 0 aliphatic rings. The van der Waals surface area contributed by atoms with Crippen LogP contribution in [0.25, 0.3) is 0 Å². The summed E-state index contributed by atoms with van der Waals surface area (Å²) < 4.78 is 13.0. The molecule has 4 nitrogen and oxygen atoms in total. The Labute approximate surface area is 96.6 Å². The highest BCUT2D eigenvalue weighted by molar-refractivity contribution is 7.98. The van der Waals surface area contributed by atoms with Crippen molar-refractivity contribution in [2.24, 2.45) is 0 Å². The number of hydrogen-bond donors (Lipinski definition) is 1. The minimum Gasteiger partial charge on any atom is -0.396 e. The molecule has 0 heterocycles. The van der Waals surface area contributed by atoms with Gasteiger partial charge < -0.3 is 5.11 Å². The molecule has 0 atom stereocenters. The van der Waals surface area contributed by atoms with Crippen molar-refractivity contribution < 1.29 is 14.4 Å². The van der Waals surface area contributed by atoms with Gasteiger partial charge in [-0.2, -0.15) is 11.8 Å². The molecule has 0 spiro atoms. The quantitative estimate of drug-likeness (QED) is 0.474. The number of hydrogen-bond acceptors (Lipinski definition) is 4. The summed E-state index contributed by atoms with van der Waals surface area (Å²) >= 11 is 1.51. The first kappa shape index (κ1) is 12.9. The summed E-state index contributed by atoms with van der Waals surface area (Å²) in [7, 11) is 0. The zero-order chi connectivity index (χ0) is 12.0. The van der Waals surface area contributed by atoms with Gasteiger partial charge in [-0.15, -0.1) is 0 Å². The molecule has 0 aliphatic carbocycles. The van der Waals surface area contributed by atoms with E-state index < -0.39 is 10.7 Å². The molecule has 0 fully saturated rings. The molecule has 1 rings (SSSR count). The van der Waals surface area contributed by atoms with Crippen LogP contribution in [0.4, 0.5) is 10.1 Å². The number of nitro benzene ring substituents is 1. The van der Waals surface area contributed by atoms with Gasteiger partial charge in [0.05, 0.1) is 11.0 Å². The lowest BCUT2D eigenvalue weighted by atomic mass is 10.2. The molecule has 0 bridgehead atoms. The van der Waals surface area contributed by atoms with Crippen LogP contribution in [0.1, 0.15) is 12.0 Å². The van der Waals surface area contributed by atoms with E-state index in [4.69, 9.17) is 5.11 Å². The van der Waals surface area contributed by atoms with Gasteiger partial charge in [-0.3, -0.25) is 10.1 Å². The van der Waals surface area contributed by atoms with Crippen LogP contribution in [-0.4, -0.2) is 22.4 Å². The fraction of sp³-hybridized carbons (Fsp3) is 0.400. The smallest absolute Gasteiger partial charge is 0.272 e. The van der Waals surface area contributed by atoms with E-state index in [1.807, 2.05) is 0 Å². The summed E-state index contributed by atoms with van der Waals surface area (Å²) in [5.41, 5.74) is 0.368. The van der Waals surface area contributed by atoms with Gasteiger partial charge in [0.2, 0.25) is 0 Å². The second-order valence-electron chi connectivity index (χ2n) is 3.20. The van der Waals surface area contributed by atoms with Crippen molar-refractivity contribution in [3.05, 3.63) is 39.7 Å². The standard InChI is InChI=1S/C10H12FNO3S/c11-9-4-8(7-16-3-1-2-13)5-10(6-9)12(14)15/h4-6,13H,1-3,7H2. The van der Waals surface area contributed by atoms with Crippen LogP contribution in [-0.2, 0) is 5.75 Å². The van der Waals surface area contributed by atoms with E-state index >= 15 is 0 Å². The topological polar surface area (TPSA) is 63.4 Å². The third kappa shape index (κ3) is 4.16. The van der Waals surface area contributed by atoms with E-state index in [0.29, 0.717) is 17.7 Å². The van der Waals surface area contributed by atoms with Crippen LogP contribution in [0.15, 0.2) is 18.2 Å². The predicted octanol–water partition coefficient (Wildman–Crippen LogP) is 2.35. The van der Waals surface area contributed by atoms with Crippen LogP contribution >= 0.6 is 11.8 Å². The van der Waals surface area contributed by atoms with Gasteiger partial charge >= 0.3 is 0 Å². The summed E-state index contributed by atoms with van der Waals surface area (Å²) in [6.45, 7) is 0.121. The molecule has 0 radical (unpaired) electrons. The number of aliphatic hydroxyl groups is 1. The lowest BCUT2D eigenvalue weighted by Gasteiger charge is -2.01. The zero-order valence-corrected chi connectivity index (χ0v) is 9.37. The molecule has 0 amide bonds. The van der Waals surface area contributed by atoms with Gasteiger partial charge in [-0.25, -0.2) is 4.39 Å². The third-order valence-electron chi connectivity index (χ3n) is 1.87. The van der Waals surface area contributed by atoms with Crippen LogP contribution in [0.5, 0.6) is 0 Å². The normalized spacial score (nSPS) is 10.4. The number of rotatable bonds is 6. The van der Waals surface area contributed by atoms with E-state index in [-0.39, 0.29) is 12.3 Å². The minimum absolute atomic E-state index is 0.121.